The summed E-state index contributed by atoms with van der Waals surface area (Å²) in [4.78, 5) is 30.2. The smallest absolute Gasteiger partial charge is 0.416 e. The molecule has 10 nitrogen and oxygen atoms in total. The molecule has 1 aromatic carbocycles. The van der Waals surface area contributed by atoms with Crippen molar-refractivity contribution < 1.29 is 40.6 Å². The number of pyridine rings is 1. The minimum atomic E-state index is -5.06. The lowest BCUT2D eigenvalue weighted by Gasteiger charge is -2.31. The van der Waals surface area contributed by atoms with Gasteiger partial charge in [0.2, 0.25) is 11.8 Å². The summed E-state index contributed by atoms with van der Waals surface area (Å²) in [6.07, 6.45) is -8.29. The van der Waals surface area contributed by atoms with Gasteiger partial charge in [0.25, 0.3) is 0 Å². The molecule has 2 atom stereocenters. The van der Waals surface area contributed by atoms with Gasteiger partial charge in [-0.05, 0) is 57.0 Å². The SMILES string of the molecule is COc1ncc(-c2c(C)n[nH]c2C)cc1-c1cnc(N2CCC2)nc1CN1C(=O)O[C@H](c2cc(C(F)(F)F)cc(C(F)(F)F)c2)[C@@H]1C. The Hall–Kier alpha value is -4.89. The second-order valence-electron chi connectivity index (χ2n) is 11.5. The van der Waals surface area contributed by atoms with Crippen LogP contribution in [0.25, 0.3) is 22.3 Å². The van der Waals surface area contributed by atoms with Gasteiger partial charge in [-0.1, -0.05) is 0 Å². The first-order valence-corrected chi connectivity index (χ1v) is 14.6. The van der Waals surface area contributed by atoms with Gasteiger partial charge in [-0.3, -0.25) is 10.00 Å². The maximum Gasteiger partial charge on any atom is 0.416 e. The number of carbonyl (C=O) groups excluding carboxylic acids is 1. The van der Waals surface area contributed by atoms with E-state index in [-0.39, 0.29) is 18.5 Å². The molecule has 248 valence electrons. The van der Waals surface area contributed by atoms with E-state index in [1.165, 1.54) is 18.9 Å². The van der Waals surface area contributed by atoms with E-state index in [1.807, 2.05) is 24.8 Å². The maximum absolute atomic E-state index is 13.6. The zero-order valence-corrected chi connectivity index (χ0v) is 25.6. The molecule has 1 N–H and O–H groups in total. The molecular weight excluding hydrogens is 632 g/mol. The molecule has 6 rings (SSSR count). The number of cyclic esters (lactones) is 1. The number of ether oxygens (including phenoxy) is 2. The summed E-state index contributed by atoms with van der Waals surface area (Å²) in [6, 6.07) is 2.05. The van der Waals surface area contributed by atoms with Crippen LogP contribution in [0.5, 0.6) is 5.88 Å². The highest BCUT2D eigenvalue weighted by Gasteiger charge is 2.44. The number of aromatic amines is 1. The molecule has 0 bridgehead atoms. The molecule has 0 unspecified atom stereocenters. The third kappa shape index (κ3) is 6.03. The lowest BCUT2D eigenvalue weighted by molar-refractivity contribution is -0.143. The zero-order valence-electron chi connectivity index (χ0n) is 25.6. The average Bonchev–Trinajstić information content (AvgIpc) is 3.47. The predicted octanol–water partition coefficient (Wildman–Crippen LogP) is 6.88. The fourth-order valence-corrected chi connectivity index (χ4v) is 5.81. The van der Waals surface area contributed by atoms with Crippen LogP contribution in [0.1, 0.15) is 53.2 Å². The van der Waals surface area contributed by atoms with Crippen molar-refractivity contribution in [2.75, 3.05) is 25.1 Å². The number of hydrogen-bond donors (Lipinski definition) is 1. The monoisotopic (exact) mass is 661 g/mol. The Morgan fingerprint density at radius 3 is 2.21 bits per heavy atom. The molecule has 2 aliphatic rings. The fraction of sp³-hybridized carbons (Fsp3) is 0.387. The van der Waals surface area contributed by atoms with E-state index in [4.69, 9.17) is 14.5 Å². The van der Waals surface area contributed by atoms with Crippen molar-refractivity contribution in [3.8, 4) is 28.1 Å². The molecule has 2 saturated heterocycles. The van der Waals surface area contributed by atoms with E-state index in [9.17, 15) is 31.1 Å². The van der Waals surface area contributed by atoms with Crippen molar-refractivity contribution in [3.63, 3.8) is 0 Å². The van der Waals surface area contributed by atoms with Crippen molar-refractivity contribution in [1.29, 1.82) is 0 Å². The highest BCUT2D eigenvalue weighted by Crippen LogP contribution is 2.42. The number of amides is 1. The van der Waals surface area contributed by atoms with Crippen LogP contribution in [0.2, 0.25) is 0 Å². The van der Waals surface area contributed by atoms with Crippen molar-refractivity contribution >= 4 is 12.0 Å². The number of carbonyl (C=O) groups is 1. The van der Waals surface area contributed by atoms with Gasteiger partial charge < -0.3 is 14.4 Å². The van der Waals surface area contributed by atoms with Gasteiger partial charge in [-0.25, -0.2) is 19.7 Å². The van der Waals surface area contributed by atoms with E-state index in [0.29, 0.717) is 34.9 Å². The Bertz CT molecular complexity index is 1790. The van der Waals surface area contributed by atoms with Gasteiger partial charge in [-0.2, -0.15) is 31.4 Å². The normalized spacial score (nSPS) is 18.4. The summed E-state index contributed by atoms with van der Waals surface area (Å²) in [5.74, 6) is 0.650. The highest BCUT2D eigenvalue weighted by atomic mass is 19.4. The molecule has 16 heteroatoms. The van der Waals surface area contributed by atoms with Gasteiger partial charge in [0, 0.05) is 53.4 Å². The number of halogens is 6. The quantitative estimate of drug-likeness (QED) is 0.214. The Labute approximate surface area is 264 Å². The Balaban J connectivity index is 1.41. The summed E-state index contributed by atoms with van der Waals surface area (Å²) >= 11 is 0. The molecular formula is C31H29F6N7O3. The van der Waals surface area contributed by atoms with Crippen LogP contribution in [0, 0.1) is 13.8 Å². The van der Waals surface area contributed by atoms with Crippen LogP contribution in [-0.2, 0) is 23.6 Å². The first kappa shape index (κ1) is 32.1. The van der Waals surface area contributed by atoms with Gasteiger partial charge in [0.1, 0.15) is 6.10 Å². The second kappa shape index (κ2) is 11.7. The topological polar surface area (TPSA) is 109 Å². The molecule has 4 aromatic rings. The first-order chi connectivity index (χ1) is 22.2. The van der Waals surface area contributed by atoms with Crippen molar-refractivity contribution in [2.24, 2.45) is 0 Å². The van der Waals surface area contributed by atoms with E-state index in [1.54, 1.807) is 12.4 Å². The van der Waals surface area contributed by atoms with E-state index in [2.05, 4.69) is 20.2 Å². The summed E-state index contributed by atoms with van der Waals surface area (Å²) in [5, 5.41) is 7.20. The number of benzene rings is 1. The van der Waals surface area contributed by atoms with Gasteiger partial charge in [-0.15, -0.1) is 0 Å². The first-order valence-electron chi connectivity index (χ1n) is 14.6. The number of anilines is 1. The number of rotatable bonds is 7. The van der Waals surface area contributed by atoms with Crippen LogP contribution in [0.3, 0.4) is 0 Å². The standard InChI is InChI=1S/C31H29F6N7O3/c1-15-25(16(2)42-41-15)19-10-22(27(46-4)38-12-19)23-13-39-28(43-6-5-7-43)40-24(23)14-44-17(3)26(47-29(44)45)18-8-20(30(32,33)34)11-21(9-18)31(35,36)37/h8-13,17,26H,5-7,14H2,1-4H3,(H,41,42)/t17-,26-/m0/s1. The van der Waals surface area contributed by atoms with E-state index < -0.39 is 47.3 Å². The van der Waals surface area contributed by atoms with Gasteiger partial charge in [0.05, 0.1) is 42.2 Å². The molecule has 0 saturated carbocycles. The third-order valence-electron chi connectivity index (χ3n) is 8.40. The average molecular weight is 662 g/mol. The molecule has 1 amide bonds. The second-order valence-corrected chi connectivity index (χ2v) is 11.5. The Kier molecular flexibility index (Phi) is 8.00. The van der Waals surface area contributed by atoms with Crippen LogP contribution in [0.15, 0.2) is 36.7 Å². The summed E-state index contributed by atoms with van der Waals surface area (Å²) in [6.45, 7) is 6.45. The van der Waals surface area contributed by atoms with Gasteiger partial charge >= 0.3 is 18.4 Å². The number of alkyl halides is 6. The van der Waals surface area contributed by atoms with Gasteiger partial charge in [0.15, 0.2) is 0 Å². The third-order valence-corrected chi connectivity index (χ3v) is 8.40. The maximum atomic E-state index is 13.6. The minimum Gasteiger partial charge on any atom is -0.481 e. The number of nitrogens with zero attached hydrogens (tertiary/aromatic N) is 6. The van der Waals surface area contributed by atoms with Crippen molar-refractivity contribution in [1.82, 2.24) is 30.0 Å². The molecule has 2 fully saturated rings. The van der Waals surface area contributed by atoms with Crippen LogP contribution < -0.4 is 9.64 Å². The summed E-state index contributed by atoms with van der Waals surface area (Å²) < 4.78 is 92.6. The van der Waals surface area contributed by atoms with Crippen molar-refractivity contribution in [3.05, 3.63) is 70.4 Å². The molecule has 2 aliphatic heterocycles. The lowest BCUT2D eigenvalue weighted by Crippen LogP contribution is -2.39. The highest BCUT2D eigenvalue weighted by molar-refractivity contribution is 5.79. The van der Waals surface area contributed by atoms with Crippen molar-refractivity contribution in [2.45, 2.75) is 58.2 Å². The lowest BCUT2D eigenvalue weighted by atomic mass is 9.97. The minimum absolute atomic E-state index is 0.0370. The van der Waals surface area contributed by atoms with Crippen LogP contribution in [-0.4, -0.2) is 62.4 Å². The summed E-state index contributed by atoms with van der Waals surface area (Å²) in [7, 11) is 1.45. The molecule has 3 aromatic heterocycles. The number of nitrogens with one attached hydrogen (secondary N) is 1. The fourth-order valence-electron chi connectivity index (χ4n) is 5.81. The van der Waals surface area contributed by atoms with E-state index >= 15 is 0 Å². The van der Waals surface area contributed by atoms with Crippen LogP contribution in [0.4, 0.5) is 37.1 Å². The Morgan fingerprint density at radius 2 is 1.66 bits per heavy atom. The largest absolute Gasteiger partial charge is 0.481 e. The summed E-state index contributed by atoms with van der Waals surface area (Å²) in [5.41, 5.74) is 1.00. The molecule has 0 radical (unpaired) electrons. The van der Waals surface area contributed by atoms with Crippen LogP contribution >= 0.6 is 0 Å². The number of H-pyrrole nitrogens is 1. The number of hydrogen-bond acceptors (Lipinski definition) is 8. The molecule has 0 spiro atoms. The number of methoxy groups -OCH3 is 1. The number of aromatic nitrogens is 5. The predicted molar refractivity (Wildman–Crippen MR) is 156 cm³/mol. The van der Waals surface area contributed by atoms with E-state index in [0.717, 1.165) is 42.0 Å². The molecule has 47 heavy (non-hydrogen) atoms. The number of aryl methyl sites for hydroxylation is 2. The zero-order chi connectivity index (χ0) is 33.8. The Morgan fingerprint density at radius 1 is 0.979 bits per heavy atom. The molecule has 0 aliphatic carbocycles. The molecule has 5 heterocycles.